The van der Waals surface area contributed by atoms with Gasteiger partial charge in [-0.2, -0.15) is 4.98 Å². The van der Waals surface area contributed by atoms with Crippen LogP contribution in [0.5, 0.6) is 5.75 Å². The summed E-state index contributed by atoms with van der Waals surface area (Å²) in [6.45, 7) is 9.25. The molecule has 1 saturated carbocycles. The third-order valence-corrected chi connectivity index (χ3v) is 6.57. The van der Waals surface area contributed by atoms with Crippen LogP contribution in [0.2, 0.25) is 5.02 Å². The molecule has 0 saturated heterocycles. The minimum Gasteiger partial charge on any atom is -0.496 e. The summed E-state index contributed by atoms with van der Waals surface area (Å²) in [6.07, 6.45) is 4.82. The quantitative estimate of drug-likeness (QED) is 0.324. The molecular formula is C26H34Cl2N4O. The summed E-state index contributed by atoms with van der Waals surface area (Å²) in [5.41, 5.74) is 4.46. The standard InChI is InChI=1S/C26H33ClN4O.ClH/c1-6-13-30(23(15-20-9-10-20)21-11-7-17(2)8-12-21)26-28-19(4)31(29-26)24-14-18(3)25(32-5)16-22(24)27;/h7-8,11-12,14,16,20,23H,6,9-10,13,15H2,1-5H3;1H/t23-;/m0./s1. The highest BCUT2D eigenvalue weighted by Gasteiger charge is 2.31. The lowest BCUT2D eigenvalue weighted by molar-refractivity contribution is 0.411. The molecule has 1 atom stereocenters. The first-order valence-corrected chi connectivity index (χ1v) is 11.9. The lowest BCUT2D eigenvalue weighted by atomic mass is 9.98. The van der Waals surface area contributed by atoms with Gasteiger partial charge in [0.2, 0.25) is 5.95 Å². The Morgan fingerprint density at radius 2 is 1.85 bits per heavy atom. The number of aromatic nitrogens is 3. The van der Waals surface area contributed by atoms with Crippen molar-refractivity contribution in [2.45, 2.75) is 59.4 Å². The highest BCUT2D eigenvalue weighted by molar-refractivity contribution is 6.32. The Labute approximate surface area is 208 Å². The van der Waals surface area contributed by atoms with Crippen molar-refractivity contribution < 1.29 is 4.74 Å². The zero-order chi connectivity index (χ0) is 22.8. The first kappa shape index (κ1) is 25.4. The van der Waals surface area contributed by atoms with Gasteiger partial charge in [0.15, 0.2) is 0 Å². The molecule has 5 nitrogen and oxygen atoms in total. The van der Waals surface area contributed by atoms with Gasteiger partial charge in [-0.25, -0.2) is 4.68 Å². The Morgan fingerprint density at radius 3 is 2.45 bits per heavy atom. The molecule has 0 aliphatic heterocycles. The molecule has 1 fully saturated rings. The average Bonchev–Trinajstić information content (AvgIpc) is 3.52. The molecule has 1 aromatic heterocycles. The second-order valence-electron chi connectivity index (χ2n) is 8.94. The maximum atomic E-state index is 6.60. The fraction of sp³-hybridized carbons (Fsp3) is 0.462. The number of methoxy groups -OCH3 is 1. The number of hydrogen-bond acceptors (Lipinski definition) is 4. The summed E-state index contributed by atoms with van der Waals surface area (Å²) < 4.78 is 7.27. The van der Waals surface area contributed by atoms with Crippen LogP contribution < -0.4 is 9.64 Å². The fourth-order valence-corrected chi connectivity index (χ4v) is 4.53. The third kappa shape index (κ3) is 5.64. The van der Waals surface area contributed by atoms with Crippen LogP contribution in [0.3, 0.4) is 0 Å². The Bertz CT molecular complexity index is 1080. The first-order chi connectivity index (χ1) is 15.4. The molecule has 0 unspecified atom stereocenters. The lowest BCUT2D eigenvalue weighted by Crippen LogP contribution is -2.31. The summed E-state index contributed by atoms with van der Waals surface area (Å²) in [4.78, 5) is 7.28. The predicted molar refractivity (Wildman–Crippen MR) is 139 cm³/mol. The number of hydrogen-bond donors (Lipinski definition) is 0. The Kier molecular flexibility index (Phi) is 8.30. The van der Waals surface area contributed by atoms with E-state index in [-0.39, 0.29) is 18.4 Å². The van der Waals surface area contributed by atoms with Gasteiger partial charge in [0.05, 0.1) is 23.9 Å². The maximum Gasteiger partial charge on any atom is 0.245 e. The summed E-state index contributed by atoms with van der Waals surface area (Å²) in [6, 6.07) is 13.1. The van der Waals surface area contributed by atoms with Gasteiger partial charge in [0, 0.05) is 12.6 Å². The van der Waals surface area contributed by atoms with Crippen molar-refractivity contribution in [2.24, 2.45) is 5.92 Å². The van der Waals surface area contributed by atoms with E-state index in [4.69, 9.17) is 26.4 Å². The zero-order valence-electron chi connectivity index (χ0n) is 20.1. The number of ether oxygens (including phenoxy) is 1. The van der Waals surface area contributed by atoms with Crippen LogP contribution in [0.4, 0.5) is 5.95 Å². The molecule has 0 radical (unpaired) electrons. The van der Waals surface area contributed by atoms with Crippen molar-refractivity contribution in [1.29, 1.82) is 0 Å². The fourth-order valence-electron chi connectivity index (χ4n) is 4.29. The van der Waals surface area contributed by atoms with Crippen molar-refractivity contribution in [2.75, 3.05) is 18.6 Å². The predicted octanol–water partition coefficient (Wildman–Crippen LogP) is 7.03. The molecule has 1 aliphatic rings. The van der Waals surface area contributed by atoms with Crippen molar-refractivity contribution in [3.63, 3.8) is 0 Å². The van der Waals surface area contributed by atoms with E-state index in [1.54, 1.807) is 7.11 Å². The van der Waals surface area contributed by atoms with Gasteiger partial charge in [0.1, 0.15) is 11.6 Å². The van der Waals surface area contributed by atoms with Gasteiger partial charge in [-0.1, -0.05) is 61.2 Å². The number of nitrogens with zero attached hydrogens (tertiary/aromatic N) is 4. The number of halogens is 2. The molecule has 0 spiro atoms. The van der Waals surface area contributed by atoms with Crippen molar-refractivity contribution in [3.05, 3.63) is 63.9 Å². The molecule has 33 heavy (non-hydrogen) atoms. The third-order valence-electron chi connectivity index (χ3n) is 6.26. The zero-order valence-corrected chi connectivity index (χ0v) is 21.7. The van der Waals surface area contributed by atoms with Crippen LogP contribution in [0.1, 0.15) is 61.2 Å². The van der Waals surface area contributed by atoms with Crippen LogP contribution in [0, 0.1) is 26.7 Å². The number of anilines is 1. The molecular weight excluding hydrogens is 455 g/mol. The van der Waals surface area contributed by atoms with Gasteiger partial charge in [-0.15, -0.1) is 17.5 Å². The minimum absolute atomic E-state index is 0. The molecule has 0 amide bonds. The van der Waals surface area contributed by atoms with Gasteiger partial charge in [0.25, 0.3) is 0 Å². The molecule has 3 aromatic rings. The highest BCUT2D eigenvalue weighted by atomic mass is 35.5. The van der Waals surface area contributed by atoms with E-state index in [1.165, 1.54) is 24.0 Å². The highest BCUT2D eigenvalue weighted by Crippen LogP contribution is 2.41. The van der Waals surface area contributed by atoms with E-state index >= 15 is 0 Å². The summed E-state index contributed by atoms with van der Waals surface area (Å²) in [5.74, 6) is 3.15. The van der Waals surface area contributed by atoms with Crippen LogP contribution >= 0.6 is 24.0 Å². The van der Waals surface area contributed by atoms with E-state index in [0.29, 0.717) is 5.02 Å². The monoisotopic (exact) mass is 488 g/mol. The lowest BCUT2D eigenvalue weighted by Gasteiger charge is -2.31. The smallest absolute Gasteiger partial charge is 0.245 e. The van der Waals surface area contributed by atoms with Crippen molar-refractivity contribution in [3.8, 4) is 11.4 Å². The van der Waals surface area contributed by atoms with E-state index in [2.05, 4.69) is 43.0 Å². The average molecular weight is 489 g/mol. The van der Waals surface area contributed by atoms with Crippen molar-refractivity contribution in [1.82, 2.24) is 14.8 Å². The minimum atomic E-state index is 0. The summed E-state index contributed by atoms with van der Waals surface area (Å²) in [7, 11) is 1.66. The Balaban J connectivity index is 0.00000306. The number of benzene rings is 2. The second-order valence-corrected chi connectivity index (χ2v) is 9.35. The van der Waals surface area contributed by atoms with E-state index in [9.17, 15) is 0 Å². The molecule has 0 N–H and O–H groups in total. The maximum absolute atomic E-state index is 6.60. The van der Waals surface area contributed by atoms with Gasteiger partial charge < -0.3 is 9.64 Å². The van der Waals surface area contributed by atoms with Gasteiger partial charge in [-0.3, -0.25) is 0 Å². The molecule has 0 bridgehead atoms. The molecule has 1 aliphatic carbocycles. The topological polar surface area (TPSA) is 43.2 Å². The number of aryl methyl sites for hydroxylation is 3. The second kappa shape index (κ2) is 10.8. The molecule has 178 valence electrons. The normalized spacial score (nSPS) is 14.0. The molecule has 1 heterocycles. The first-order valence-electron chi connectivity index (χ1n) is 11.5. The van der Waals surface area contributed by atoms with E-state index < -0.39 is 0 Å². The summed E-state index contributed by atoms with van der Waals surface area (Å²) in [5, 5.41) is 5.55. The molecule has 2 aromatic carbocycles. The SMILES string of the molecule is CCCN(c1nc(C)n(-c2cc(C)c(OC)cc2Cl)n1)[C@@H](CC1CC1)c1ccc(C)cc1.Cl. The van der Waals surface area contributed by atoms with E-state index in [0.717, 1.165) is 54.1 Å². The van der Waals surface area contributed by atoms with Crippen LogP contribution in [-0.4, -0.2) is 28.4 Å². The van der Waals surface area contributed by atoms with Crippen LogP contribution in [0.15, 0.2) is 36.4 Å². The Hall–Kier alpha value is -2.24. The summed E-state index contributed by atoms with van der Waals surface area (Å²) >= 11 is 6.60. The number of rotatable bonds is 9. The van der Waals surface area contributed by atoms with Crippen LogP contribution in [0.25, 0.3) is 5.69 Å². The van der Waals surface area contributed by atoms with Gasteiger partial charge >= 0.3 is 0 Å². The molecule has 7 heteroatoms. The van der Waals surface area contributed by atoms with Crippen LogP contribution in [-0.2, 0) is 0 Å². The van der Waals surface area contributed by atoms with Gasteiger partial charge in [-0.05, 0) is 56.7 Å². The van der Waals surface area contributed by atoms with Crippen molar-refractivity contribution >= 4 is 30.0 Å². The largest absolute Gasteiger partial charge is 0.496 e. The van der Waals surface area contributed by atoms with E-state index in [1.807, 2.05) is 30.7 Å². The Morgan fingerprint density at radius 1 is 1.15 bits per heavy atom. The molecule has 4 rings (SSSR count).